The Labute approximate surface area is 39.8 Å². The maximum atomic E-state index is 5.22. The van der Waals surface area contributed by atoms with Gasteiger partial charge < -0.3 is 0 Å². The predicted molar refractivity (Wildman–Crippen MR) is 28.8 cm³/mol. The first-order valence-electron chi connectivity index (χ1n) is 1.51. The SMILES string of the molecule is [B]C(C)(C)S. The maximum Gasteiger partial charge on any atom is 0.0882 e. The molecular weight excluding hydrogens is 78.9 g/mol. The molecule has 0 unspecified atom stereocenters. The van der Waals surface area contributed by atoms with Gasteiger partial charge in [-0.05, 0) is 4.65 Å². The van der Waals surface area contributed by atoms with Gasteiger partial charge in [-0.1, -0.05) is 13.8 Å². The van der Waals surface area contributed by atoms with Crippen molar-refractivity contribution in [3.8, 4) is 0 Å². The zero-order valence-electron chi connectivity index (χ0n) is 3.52. The summed E-state index contributed by atoms with van der Waals surface area (Å²) in [6, 6.07) is 0. The summed E-state index contributed by atoms with van der Waals surface area (Å²) in [4.78, 5) is 0. The minimum Gasteiger partial charge on any atom is -0.183 e. The predicted octanol–water partition coefficient (Wildman–Crippen LogP) is 0.821. The van der Waals surface area contributed by atoms with Crippen LogP contribution >= 0.6 is 12.6 Å². The van der Waals surface area contributed by atoms with Crippen LogP contribution in [0.15, 0.2) is 0 Å². The Morgan fingerprint density at radius 3 is 1.60 bits per heavy atom. The standard InChI is InChI=1S/C3H7BS/c1-3(2,4)5/h5H,1-2H3. The van der Waals surface area contributed by atoms with Crippen LogP contribution in [0.1, 0.15) is 13.8 Å². The van der Waals surface area contributed by atoms with Crippen LogP contribution < -0.4 is 0 Å². The first-order valence-corrected chi connectivity index (χ1v) is 1.96. The zero-order valence-corrected chi connectivity index (χ0v) is 4.42. The Morgan fingerprint density at radius 1 is 1.60 bits per heavy atom. The average Bonchev–Trinajstić information content (AvgIpc) is 0.722. The summed E-state index contributed by atoms with van der Waals surface area (Å²) in [5, 5.41) is 0. The Balaban J connectivity index is 3.02. The minimum absolute atomic E-state index is 0.306. The molecule has 0 N–H and O–H groups in total. The normalized spacial score (nSPS) is 11.8. The summed E-state index contributed by atoms with van der Waals surface area (Å²) < 4.78 is -0.306. The van der Waals surface area contributed by atoms with E-state index in [1.807, 2.05) is 13.8 Å². The largest absolute Gasteiger partial charge is 0.183 e. The van der Waals surface area contributed by atoms with E-state index in [9.17, 15) is 0 Å². The minimum atomic E-state index is -0.306. The molecule has 0 nitrogen and oxygen atoms in total. The number of hydrogen-bond donors (Lipinski definition) is 1. The lowest BCUT2D eigenvalue weighted by molar-refractivity contribution is 1.02. The van der Waals surface area contributed by atoms with Crippen LogP contribution in [0.5, 0.6) is 0 Å². The van der Waals surface area contributed by atoms with E-state index in [-0.39, 0.29) is 4.65 Å². The third-order valence-corrected chi connectivity index (χ3v) is 0. The Hall–Kier alpha value is 0.415. The molecule has 0 aliphatic rings. The highest BCUT2D eigenvalue weighted by Crippen LogP contribution is 2.02. The van der Waals surface area contributed by atoms with Crippen LogP contribution in [0.4, 0.5) is 0 Å². The van der Waals surface area contributed by atoms with E-state index >= 15 is 0 Å². The Bertz CT molecular complexity index is 22.4. The molecule has 2 radical (unpaired) electrons. The highest BCUT2D eigenvalue weighted by atomic mass is 32.1. The Kier molecular flexibility index (Phi) is 1.35. The van der Waals surface area contributed by atoms with Gasteiger partial charge in [0.25, 0.3) is 0 Å². The first-order chi connectivity index (χ1) is 2.00. The number of rotatable bonds is 0. The van der Waals surface area contributed by atoms with Gasteiger partial charge in [0.2, 0.25) is 0 Å². The molecule has 5 heavy (non-hydrogen) atoms. The summed E-state index contributed by atoms with van der Waals surface area (Å²) >= 11 is 3.90. The van der Waals surface area contributed by atoms with Crippen molar-refractivity contribution in [3.05, 3.63) is 0 Å². The van der Waals surface area contributed by atoms with E-state index in [1.54, 1.807) is 0 Å². The quantitative estimate of drug-likeness (QED) is 0.327. The molecule has 0 spiro atoms. The molecule has 0 atom stereocenters. The molecule has 0 aromatic carbocycles. The molecule has 0 aliphatic heterocycles. The van der Waals surface area contributed by atoms with Crippen LogP contribution in [0.25, 0.3) is 0 Å². The highest BCUT2D eigenvalue weighted by Gasteiger charge is 1.96. The maximum absolute atomic E-state index is 5.22. The van der Waals surface area contributed by atoms with Crippen molar-refractivity contribution < 1.29 is 0 Å². The number of thiol groups is 1. The van der Waals surface area contributed by atoms with Gasteiger partial charge >= 0.3 is 0 Å². The smallest absolute Gasteiger partial charge is 0.0882 e. The van der Waals surface area contributed by atoms with Gasteiger partial charge in [0, 0.05) is 0 Å². The van der Waals surface area contributed by atoms with E-state index in [4.69, 9.17) is 7.85 Å². The van der Waals surface area contributed by atoms with E-state index in [2.05, 4.69) is 12.6 Å². The number of hydrogen-bond acceptors (Lipinski definition) is 1. The summed E-state index contributed by atoms with van der Waals surface area (Å²) in [7, 11) is 5.22. The molecule has 2 heteroatoms. The molecule has 0 aromatic rings. The van der Waals surface area contributed by atoms with Crippen molar-refractivity contribution >= 4 is 20.5 Å². The van der Waals surface area contributed by atoms with Gasteiger partial charge in [-0.25, -0.2) is 0 Å². The summed E-state index contributed by atoms with van der Waals surface area (Å²) in [6.07, 6.45) is 0. The van der Waals surface area contributed by atoms with Crippen LogP contribution in [-0.2, 0) is 0 Å². The molecule has 28 valence electrons. The van der Waals surface area contributed by atoms with Crippen LogP contribution in [0.2, 0.25) is 0 Å². The second-order valence-electron chi connectivity index (χ2n) is 1.65. The van der Waals surface area contributed by atoms with Crippen LogP contribution in [0.3, 0.4) is 0 Å². The van der Waals surface area contributed by atoms with E-state index in [0.717, 1.165) is 0 Å². The lowest BCUT2D eigenvalue weighted by Gasteiger charge is -2.04. The topological polar surface area (TPSA) is 0 Å². The third kappa shape index (κ3) is 150. The van der Waals surface area contributed by atoms with E-state index < -0.39 is 0 Å². The fourth-order valence-electron chi connectivity index (χ4n) is 0. The van der Waals surface area contributed by atoms with Crippen molar-refractivity contribution in [2.24, 2.45) is 0 Å². The van der Waals surface area contributed by atoms with Gasteiger partial charge in [0.15, 0.2) is 0 Å². The van der Waals surface area contributed by atoms with Gasteiger partial charge in [0.05, 0.1) is 7.85 Å². The third-order valence-electron chi connectivity index (χ3n) is 0. The molecule has 0 aromatic heterocycles. The Morgan fingerprint density at radius 2 is 1.60 bits per heavy atom. The van der Waals surface area contributed by atoms with Crippen molar-refractivity contribution in [3.63, 3.8) is 0 Å². The van der Waals surface area contributed by atoms with E-state index in [0.29, 0.717) is 0 Å². The first kappa shape index (κ1) is 5.41. The molecule has 0 saturated heterocycles. The van der Waals surface area contributed by atoms with Crippen LogP contribution in [-0.4, -0.2) is 12.5 Å². The second-order valence-corrected chi connectivity index (χ2v) is 2.81. The van der Waals surface area contributed by atoms with Gasteiger partial charge in [-0.2, -0.15) is 12.6 Å². The lowest BCUT2D eigenvalue weighted by Crippen LogP contribution is -2.07. The van der Waals surface area contributed by atoms with Crippen LogP contribution in [0, 0.1) is 0 Å². The summed E-state index contributed by atoms with van der Waals surface area (Å²) in [6.45, 7) is 3.66. The molecule has 0 aliphatic carbocycles. The van der Waals surface area contributed by atoms with Gasteiger partial charge in [0.1, 0.15) is 0 Å². The van der Waals surface area contributed by atoms with Gasteiger partial charge in [-0.3, -0.25) is 0 Å². The lowest BCUT2D eigenvalue weighted by atomic mass is 9.91. The average molecular weight is 86.0 g/mol. The molecule has 0 rings (SSSR count). The molecule has 0 bridgehead atoms. The highest BCUT2D eigenvalue weighted by molar-refractivity contribution is 7.83. The molecular formula is C3H7BS. The molecule has 0 heterocycles. The van der Waals surface area contributed by atoms with Crippen molar-refractivity contribution in [2.45, 2.75) is 18.5 Å². The monoisotopic (exact) mass is 86.0 g/mol. The van der Waals surface area contributed by atoms with Gasteiger partial charge in [-0.15, -0.1) is 0 Å². The molecule has 0 saturated carbocycles. The van der Waals surface area contributed by atoms with E-state index in [1.165, 1.54) is 0 Å². The summed E-state index contributed by atoms with van der Waals surface area (Å²) in [5.74, 6) is 0. The fraction of sp³-hybridized carbons (Fsp3) is 1.00. The molecule has 0 amide bonds. The summed E-state index contributed by atoms with van der Waals surface area (Å²) in [5.41, 5.74) is 0. The molecule has 0 fully saturated rings. The van der Waals surface area contributed by atoms with Crippen molar-refractivity contribution in [1.29, 1.82) is 0 Å². The fourth-order valence-corrected chi connectivity index (χ4v) is 0. The van der Waals surface area contributed by atoms with Crippen molar-refractivity contribution in [1.82, 2.24) is 0 Å². The van der Waals surface area contributed by atoms with Crippen molar-refractivity contribution in [2.75, 3.05) is 0 Å². The zero-order chi connectivity index (χ0) is 4.50. The second kappa shape index (κ2) is 1.25.